The lowest BCUT2D eigenvalue weighted by atomic mass is 9.31. The minimum Gasteiger partial charge on any atom is -0.469 e. The maximum absolute atomic E-state index is 13.5. The number of carbonyl (C=O) groups is 2. The summed E-state index contributed by atoms with van der Waals surface area (Å²) in [5, 5.41) is 0. The normalized spacial score (nSPS) is 52.5. The highest BCUT2D eigenvalue weighted by Gasteiger charge is 2.71. The second kappa shape index (κ2) is 8.72. The van der Waals surface area contributed by atoms with Crippen molar-refractivity contribution in [2.24, 2.45) is 62.6 Å². The van der Waals surface area contributed by atoms with Crippen molar-refractivity contribution in [3.63, 3.8) is 0 Å². The molecule has 4 heteroatoms. The summed E-state index contributed by atoms with van der Waals surface area (Å²) in [5.41, 5.74) is 0.503. The Labute approximate surface area is 226 Å². The van der Waals surface area contributed by atoms with E-state index < -0.39 is 0 Å². The van der Waals surface area contributed by atoms with E-state index in [4.69, 9.17) is 9.47 Å². The average Bonchev–Trinajstić information content (AvgIpc) is 2.83. The Kier molecular flexibility index (Phi) is 6.48. The number of hydrogen-bond acceptors (Lipinski definition) is 4. The van der Waals surface area contributed by atoms with E-state index in [0.717, 1.165) is 38.5 Å². The molecule has 5 aliphatic rings. The van der Waals surface area contributed by atoms with Gasteiger partial charge in [-0.2, -0.15) is 0 Å². The van der Waals surface area contributed by atoms with Crippen molar-refractivity contribution in [3.05, 3.63) is 0 Å². The van der Waals surface area contributed by atoms with Gasteiger partial charge in [-0.15, -0.1) is 0 Å². The number of esters is 2. The molecule has 11 atom stereocenters. The van der Waals surface area contributed by atoms with E-state index in [1.165, 1.54) is 25.7 Å². The third kappa shape index (κ3) is 3.51. The van der Waals surface area contributed by atoms with Crippen LogP contribution in [0.25, 0.3) is 0 Å². The molecule has 5 fully saturated rings. The lowest BCUT2D eigenvalue weighted by Gasteiger charge is -2.73. The van der Waals surface area contributed by atoms with Crippen LogP contribution in [0.5, 0.6) is 0 Å². The van der Waals surface area contributed by atoms with E-state index in [2.05, 4.69) is 48.5 Å². The Balaban J connectivity index is 1.52. The number of rotatable bonds is 2. The highest BCUT2D eigenvalue weighted by atomic mass is 16.5. The molecule has 4 nitrogen and oxygen atoms in total. The van der Waals surface area contributed by atoms with Gasteiger partial charge in [-0.05, 0) is 116 Å². The van der Waals surface area contributed by atoms with E-state index in [0.29, 0.717) is 35.5 Å². The number of methoxy groups -OCH3 is 1. The van der Waals surface area contributed by atoms with Crippen molar-refractivity contribution in [1.29, 1.82) is 0 Å². The van der Waals surface area contributed by atoms with Gasteiger partial charge in [-0.3, -0.25) is 9.59 Å². The quantitative estimate of drug-likeness (QED) is 0.352. The van der Waals surface area contributed by atoms with Crippen molar-refractivity contribution in [2.45, 2.75) is 126 Å². The highest BCUT2D eigenvalue weighted by molar-refractivity contribution is 5.77. The van der Waals surface area contributed by atoms with Crippen LogP contribution in [0, 0.1) is 62.6 Å². The minimum absolute atomic E-state index is 0.00231. The summed E-state index contributed by atoms with van der Waals surface area (Å²) in [4.78, 5) is 25.4. The molecule has 0 N–H and O–H groups in total. The monoisotopic (exact) mass is 514 g/mol. The van der Waals surface area contributed by atoms with Crippen molar-refractivity contribution >= 4 is 11.9 Å². The van der Waals surface area contributed by atoms with Gasteiger partial charge < -0.3 is 9.47 Å². The first-order valence-corrected chi connectivity index (χ1v) is 15.4. The summed E-state index contributed by atoms with van der Waals surface area (Å²) < 4.78 is 11.5. The zero-order chi connectivity index (χ0) is 27.2. The SMILES string of the molecule is COC(=O)[C@]12CC[C@@H](C)[C@H](C)[C@@H]1[C@H]1CC[C@@H]3[C@@]4(C)CC[C@@H](OC(C)=O)C(C)(C)[C@@H]4CC[C@@]3(C)[C@]1(C)CC2. The topological polar surface area (TPSA) is 52.6 Å². The number of carbonyl (C=O) groups excluding carboxylic acids is 2. The first kappa shape index (κ1) is 27.5. The molecule has 0 bridgehead atoms. The fourth-order valence-corrected chi connectivity index (χ4v) is 12.2. The van der Waals surface area contributed by atoms with Crippen molar-refractivity contribution < 1.29 is 19.1 Å². The molecular formula is C33H54O4. The fourth-order valence-electron chi connectivity index (χ4n) is 12.2. The molecule has 5 saturated carbocycles. The Morgan fingerprint density at radius 3 is 2.11 bits per heavy atom. The zero-order valence-corrected chi connectivity index (χ0v) is 25.2. The highest BCUT2D eigenvalue weighted by Crippen LogP contribution is 2.77. The summed E-state index contributed by atoms with van der Waals surface area (Å²) >= 11 is 0. The fraction of sp³-hybridized carbons (Fsp3) is 0.939. The molecule has 0 amide bonds. The van der Waals surface area contributed by atoms with E-state index in [1.807, 2.05) is 0 Å². The average molecular weight is 515 g/mol. The third-order valence-electron chi connectivity index (χ3n) is 14.4. The Bertz CT molecular complexity index is 941. The molecule has 0 saturated heterocycles. The van der Waals surface area contributed by atoms with Crippen LogP contribution in [0.3, 0.4) is 0 Å². The van der Waals surface area contributed by atoms with Gasteiger partial charge in [0.15, 0.2) is 0 Å². The second-order valence-corrected chi connectivity index (χ2v) is 15.7. The van der Waals surface area contributed by atoms with Gasteiger partial charge in [0.2, 0.25) is 0 Å². The van der Waals surface area contributed by atoms with E-state index in [-0.39, 0.29) is 45.1 Å². The molecule has 5 aliphatic carbocycles. The van der Waals surface area contributed by atoms with Gasteiger partial charge in [0, 0.05) is 12.3 Å². The second-order valence-electron chi connectivity index (χ2n) is 15.7. The molecule has 0 spiro atoms. The molecule has 210 valence electrons. The lowest BCUT2D eigenvalue weighted by Crippen LogP contribution is -2.68. The largest absolute Gasteiger partial charge is 0.469 e. The standard InChI is InChI=1S/C33H54O4/c1-20-12-17-33(28(35)36-9)19-18-31(7)23(27(33)21(20)2)10-11-25-30(6)15-14-26(37-22(3)34)29(4,5)24(30)13-16-32(25,31)8/h20-21,23-27H,10-19H2,1-9H3/t20-,21+,23-,24+,25-,26-,27-,30+,31-,32-,33+/m1/s1. The predicted molar refractivity (Wildman–Crippen MR) is 147 cm³/mol. The molecule has 37 heavy (non-hydrogen) atoms. The van der Waals surface area contributed by atoms with Crippen LogP contribution in [0.1, 0.15) is 120 Å². The smallest absolute Gasteiger partial charge is 0.312 e. The Hall–Kier alpha value is -1.06. The van der Waals surface area contributed by atoms with Crippen LogP contribution in [0.15, 0.2) is 0 Å². The molecule has 0 aromatic rings. The zero-order valence-electron chi connectivity index (χ0n) is 25.2. The molecule has 0 heterocycles. The van der Waals surface area contributed by atoms with Crippen LogP contribution in [-0.4, -0.2) is 25.2 Å². The summed E-state index contributed by atoms with van der Waals surface area (Å²) in [5.74, 6) is 3.44. The van der Waals surface area contributed by atoms with Gasteiger partial charge in [-0.25, -0.2) is 0 Å². The summed E-state index contributed by atoms with van der Waals surface area (Å²) in [6.07, 6.45) is 11.5. The Morgan fingerprint density at radius 2 is 1.46 bits per heavy atom. The van der Waals surface area contributed by atoms with Crippen molar-refractivity contribution in [3.8, 4) is 0 Å². The van der Waals surface area contributed by atoms with Crippen LogP contribution in [0.2, 0.25) is 0 Å². The Morgan fingerprint density at radius 1 is 0.757 bits per heavy atom. The summed E-state index contributed by atoms with van der Waals surface area (Å²) in [6.45, 7) is 19.1. The lowest BCUT2D eigenvalue weighted by molar-refractivity contribution is -0.260. The van der Waals surface area contributed by atoms with Crippen molar-refractivity contribution in [2.75, 3.05) is 7.11 Å². The van der Waals surface area contributed by atoms with Gasteiger partial charge in [0.05, 0.1) is 12.5 Å². The van der Waals surface area contributed by atoms with Crippen LogP contribution >= 0.6 is 0 Å². The molecule has 5 rings (SSSR count). The molecular weight excluding hydrogens is 460 g/mol. The first-order chi connectivity index (χ1) is 17.2. The molecule has 0 unspecified atom stereocenters. The third-order valence-corrected chi connectivity index (χ3v) is 14.4. The van der Waals surface area contributed by atoms with Gasteiger partial charge in [0.25, 0.3) is 0 Å². The number of fused-ring (bicyclic) bond motifs is 7. The molecule has 0 radical (unpaired) electrons. The van der Waals surface area contributed by atoms with Crippen molar-refractivity contribution in [1.82, 2.24) is 0 Å². The van der Waals surface area contributed by atoms with Crippen LogP contribution in [-0.2, 0) is 19.1 Å². The molecule has 0 aromatic carbocycles. The van der Waals surface area contributed by atoms with Gasteiger partial charge in [-0.1, -0.05) is 48.5 Å². The maximum Gasteiger partial charge on any atom is 0.312 e. The number of hydrogen-bond donors (Lipinski definition) is 0. The number of ether oxygens (including phenoxy) is 2. The van der Waals surface area contributed by atoms with E-state index in [1.54, 1.807) is 14.0 Å². The van der Waals surface area contributed by atoms with Gasteiger partial charge in [0.1, 0.15) is 6.10 Å². The molecule has 0 aliphatic heterocycles. The van der Waals surface area contributed by atoms with Crippen LogP contribution in [0.4, 0.5) is 0 Å². The summed E-state index contributed by atoms with van der Waals surface area (Å²) in [6, 6.07) is 0. The van der Waals surface area contributed by atoms with E-state index >= 15 is 0 Å². The van der Waals surface area contributed by atoms with E-state index in [9.17, 15) is 9.59 Å². The maximum atomic E-state index is 13.5. The van der Waals surface area contributed by atoms with Crippen LogP contribution < -0.4 is 0 Å². The van der Waals surface area contributed by atoms with Gasteiger partial charge >= 0.3 is 11.9 Å². The predicted octanol–water partition coefficient (Wildman–Crippen LogP) is 7.83. The summed E-state index contributed by atoms with van der Waals surface area (Å²) in [7, 11) is 1.61. The first-order valence-electron chi connectivity index (χ1n) is 15.4. The molecule has 0 aromatic heterocycles. The minimum atomic E-state index is -0.279.